The minimum absolute atomic E-state index is 0.721. The van der Waals surface area contributed by atoms with Crippen LogP contribution in [0.2, 0.25) is 0 Å². The summed E-state index contributed by atoms with van der Waals surface area (Å²) in [4.78, 5) is 7.77. The third-order valence-electron chi connectivity index (χ3n) is 3.13. The van der Waals surface area contributed by atoms with Crippen LogP contribution in [-0.4, -0.2) is 50.1 Å². The van der Waals surface area contributed by atoms with Gasteiger partial charge in [-0.15, -0.1) is 11.3 Å². The van der Waals surface area contributed by atoms with Gasteiger partial charge in [0.05, 0.1) is 0 Å². The van der Waals surface area contributed by atoms with Crippen molar-refractivity contribution in [3.63, 3.8) is 0 Å². The molecule has 0 unspecified atom stereocenters. The molecule has 1 aromatic heterocycles. The monoisotopic (exact) mass is 297 g/mol. The van der Waals surface area contributed by atoms with Crippen LogP contribution < -0.4 is 5.32 Å². The average Bonchev–Trinajstić information content (AvgIpc) is 2.80. The standard InChI is InChI=1S/C16H31N3S/c1-6-17-11-15-7-8-16(20-15)13-19(12-14(2)3)10-9-18(4)5/h7-8,14,17H,6,9-13H2,1-5H3. The van der Waals surface area contributed by atoms with Crippen LogP contribution in [0.25, 0.3) is 0 Å². The molecule has 0 fully saturated rings. The van der Waals surface area contributed by atoms with E-state index in [1.54, 1.807) is 0 Å². The Bertz CT molecular complexity index is 360. The molecule has 116 valence electrons. The molecule has 0 aliphatic rings. The van der Waals surface area contributed by atoms with E-state index in [2.05, 4.69) is 62.1 Å². The largest absolute Gasteiger partial charge is 0.312 e. The van der Waals surface area contributed by atoms with Crippen molar-refractivity contribution in [2.45, 2.75) is 33.9 Å². The summed E-state index contributed by atoms with van der Waals surface area (Å²) in [7, 11) is 4.29. The Morgan fingerprint density at radius 3 is 2.45 bits per heavy atom. The number of hydrogen-bond acceptors (Lipinski definition) is 4. The summed E-state index contributed by atoms with van der Waals surface area (Å²) in [5.41, 5.74) is 0. The lowest BCUT2D eigenvalue weighted by Gasteiger charge is -2.25. The van der Waals surface area contributed by atoms with Gasteiger partial charge in [-0.3, -0.25) is 4.90 Å². The zero-order chi connectivity index (χ0) is 15.0. The highest BCUT2D eigenvalue weighted by molar-refractivity contribution is 7.11. The lowest BCUT2D eigenvalue weighted by atomic mass is 10.2. The Morgan fingerprint density at radius 2 is 1.85 bits per heavy atom. The SMILES string of the molecule is CCNCc1ccc(CN(CCN(C)C)CC(C)C)s1. The second-order valence-corrected chi connectivity index (χ2v) is 7.33. The number of nitrogens with zero attached hydrogens (tertiary/aromatic N) is 2. The second-order valence-electron chi connectivity index (χ2n) is 6.08. The van der Waals surface area contributed by atoms with Crippen LogP contribution >= 0.6 is 11.3 Å². The molecule has 0 atom stereocenters. The molecular weight excluding hydrogens is 266 g/mol. The Labute approximate surface area is 129 Å². The van der Waals surface area contributed by atoms with Crippen LogP contribution in [0.3, 0.4) is 0 Å². The summed E-state index contributed by atoms with van der Waals surface area (Å²) in [5, 5.41) is 3.39. The van der Waals surface area contributed by atoms with Gasteiger partial charge in [-0.25, -0.2) is 0 Å². The summed E-state index contributed by atoms with van der Waals surface area (Å²) in [6.45, 7) is 13.3. The van der Waals surface area contributed by atoms with Crippen molar-refractivity contribution in [1.29, 1.82) is 0 Å². The molecule has 1 aromatic rings. The third-order valence-corrected chi connectivity index (χ3v) is 4.20. The van der Waals surface area contributed by atoms with E-state index in [1.165, 1.54) is 16.3 Å². The molecule has 1 rings (SSSR count). The van der Waals surface area contributed by atoms with Crippen LogP contribution in [0.4, 0.5) is 0 Å². The maximum absolute atomic E-state index is 3.39. The quantitative estimate of drug-likeness (QED) is 0.716. The lowest BCUT2D eigenvalue weighted by Crippen LogP contribution is -2.33. The molecule has 0 saturated heterocycles. The molecule has 0 amide bonds. The number of nitrogens with one attached hydrogen (secondary N) is 1. The summed E-state index contributed by atoms with van der Waals surface area (Å²) in [6, 6.07) is 4.56. The smallest absolute Gasteiger partial charge is 0.0328 e. The summed E-state index contributed by atoms with van der Waals surface area (Å²) in [6.07, 6.45) is 0. The normalized spacial score (nSPS) is 12.0. The summed E-state index contributed by atoms with van der Waals surface area (Å²) < 4.78 is 0. The van der Waals surface area contributed by atoms with Gasteiger partial charge in [-0.2, -0.15) is 0 Å². The van der Waals surface area contributed by atoms with Crippen molar-refractivity contribution in [1.82, 2.24) is 15.1 Å². The highest BCUT2D eigenvalue weighted by atomic mass is 32.1. The predicted octanol–water partition coefficient (Wildman–Crippen LogP) is 2.88. The number of likely N-dealkylation sites (N-methyl/N-ethyl adjacent to an activating group) is 1. The fourth-order valence-corrected chi connectivity index (χ4v) is 3.19. The van der Waals surface area contributed by atoms with Gasteiger partial charge in [-0.05, 0) is 38.7 Å². The maximum Gasteiger partial charge on any atom is 0.0328 e. The van der Waals surface area contributed by atoms with Gasteiger partial charge in [0.2, 0.25) is 0 Å². The van der Waals surface area contributed by atoms with E-state index >= 15 is 0 Å². The van der Waals surface area contributed by atoms with E-state index in [1.807, 2.05) is 11.3 Å². The minimum atomic E-state index is 0.721. The Morgan fingerprint density at radius 1 is 1.15 bits per heavy atom. The zero-order valence-corrected chi connectivity index (χ0v) is 14.6. The van der Waals surface area contributed by atoms with Crippen LogP contribution in [0.1, 0.15) is 30.5 Å². The van der Waals surface area contributed by atoms with E-state index < -0.39 is 0 Å². The first-order valence-corrected chi connectivity index (χ1v) is 8.48. The molecule has 20 heavy (non-hydrogen) atoms. The van der Waals surface area contributed by atoms with E-state index in [0.717, 1.165) is 38.6 Å². The number of hydrogen-bond donors (Lipinski definition) is 1. The number of rotatable bonds is 10. The number of thiophene rings is 1. The third kappa shape index (κ3) is 7.39. The molecular formula is C16H31N3S. The second kappa shape index (κ2) is 9.50. The lowest BCUT2D eigenvalue weighted by molar-refractivity contribution is 0.213. The van der Waals surface area contributed by atoms with Crippen LogP contribution in [-0.2, 0) is 13.1 Å². The Hall–Kier alpha value is -0.420. The molecule has 0 spiro atoms. The van der Waals surface area contributed by atoms with Crippen molar-refractivity contribution >= 4 is 11.3 Å². The maximum atomic E-state index is 3.39. The van der Waals surface area contributed by atoms with E-state index in [0.29, 0.717) is 0 Å². The molecule has 1 heterocycles. The van der Waals surface area contributed by atoms with E-state index in [4.69, 9.17) is 0 Å². The van der Waals surface area contributed by atoms with Crippen LogP contribution in [0.15, 0.2) is 12.1 Å². The van der Waals surface area contributed by atoms with Gasteiger partial charge < -0.3 is 10.2 Å². The molecule has 4 heteroatoms. The molecule has 1 N–H and O–H groups in total. The topological polar surface area (TPSA) is 18.5 Å². The summed E-state index contributed by atoms with van der Waals surface area (Å²) >= 11 is 1.94. The van der Waals surface area contributed by atoms with Crippen molar-refractivity contribution in [2.24, 2.45) is 5.92 Å². The first-order valence-electron chi connectivity index (χ1n) is 7.66. The van der Waals surface area contributed by atoms with Crippen molar-refractivity contribution in [3.8, 4) is 0 Å². The van der Waals surface area contributed by atoms with E-state index in [-0.39, 0.29) is 0 Å². The predicted molar refractivity (Wildman–Crippen MR) is 90.4 cm³/mol. The summed E-state index contributed by atoms with van der Waals surface area (Å²) in [5.74, 6) is 0.721. The van der Waals surface area contributed by atoms with Gasteiger partial charge in [0.1, 0.15) is 0 Å². The van der Waals surface area contributed by atoms with Gasteiger partial charge in [-0.1, -0.05) is 20.8 Å². The van der Waals surface area contributed by atoms with Crippen LogP contribution in [0, 0.1) is 5.92 Å². The van der Waals surface area contributed by atoms with Crippen molar-refractivity contribution < 1.29 is 0 Å². The highest BCUT2D eigenvalue weighted by Crippen LogP contribution is 2.18. The molecule has 0 bridgehead atoms. The highest BCUT2D eigenvalue weighted by Gasteiger charge is 2.10. The fourth-order valence-electron chi connectivity index (χ4n) is 2.16. The molecule has 0 aliphatic carbocycles. The van der Waals surface area contributed by atoms with Gasteiger partial charge in [0.15, 0.2) is 0 Å². The molecule has 0 radical (unpaired) electrons. The first-order chi connectivity index (χ1) is 9.51. The Balaban J connectivity index is 2.52. The van der Waals surface area contributed by atoms with E-state index in [9.17, 15) is 0 Å². The zero-order valence-electron chi connectivity index (χ0n) is 13.8. The fraction of sp³-hybridized carbons (Fsp3) is 0.750. The Kier molecular flexibility index (Phi) is 8.38. The van der Waals surface area contributed by atoms with Crippen molar-refractivity contribution in [2.75, 3.05) is 40.3 Å². The molecule has 0 aliphatic heterocycles. The molecule has 3 nitrogen and oxygen atoms in total. The molecule has 0 saturated carbocycles. The van der Waals surface area contributed by atoms with Crippen LogP contribution in [0.5, 0.6) is 0 Å². The minimum Gasteiger partial charge on any atom is -0.312 e. The van der Waals surface area contributed by atoms with Gasteiger partial charge in [0.25, 0.3) is 0 Å². The van der Waals surface area contributed by atoms with Gasteiger partial charge >= 0.3 is 0 Å². The van der Waals surface area contributed by atoms with Crippen molar-refractivity contribution in [3.05, 3.63) is 21.9 Å². The average molecular weight is 298 g/mol. The first kappa shape index (κ1) is 17.6. The molecule has 0 aromatic carbocycles. The van der Waals surface area contributed by atoms with Gasteiger partial charge in [0, 0.05) is 42.5 Å².